The van der Waals surface area contributed by atoms with E-state index in [1.807, 2.05) is 36.4 Å². The molecular formula is C17H19NO4. The normalized spacial score (nSPS) is 23.0. The van der Waals surface area contributed by atoms with Gasteiger partial charge in [-0.05, 0) is 30.4 Å². The third kappa shape index (κ3) is 3.20. The Labute approximate surface area is 129 Å². The van der Waals surface area contributed by atoms with Crippen molar-refractivity contribution in [2.75, 3.05) is 19.8 Å². The van der Waals surface area contributed by atoms with Gasteiger partial charge in [-0.15, -0.1) is 0 Å². The summed E-state index contributed by atoms with van der Waals surface area (Å²) in [6, 6.07) is 9.13. The summed E-state index contributed by atoms with van der Waals surface area (Å²) in [5.41, 5.74) is 0.904. The maximum absolute atomic E-state index is 12.4. The van der Waals surface area contributed by atoms with Crippen molar-refractivity contribution in [1.29, 1.82) is 0 Å². The minimum atomic E-state index is -0.574. The van der Waals surface area contributed by atoms with Gasteiger partial charge in [0.15, 0.2) is 0 Å². The fourth-order valence-corrected chi connectivity index (χ4v) is 2.79. The van der Waals surface area contributed by atoms with Gasteiger partial charge in [-0.3, -0.25) is 4.79 Å². The van der Waals surface area contributed by atoms with Crippen LogP contribution in [0.4, 0.5) is 4.79 Å². The van der Waals surface area contributed by atoms with Crippen LogP contribution < -0.4 is 0 Å². The van der Waals surface area contributed by atoms with Crippen LogP contribution in [-0.2, 0) is 14.3 Å². The second kappa shape index (κ2) is 6.75. The summed E-state index contributed by atoms with van der Waals surface area (Å²) in [6.45, 7) is 1.66. The largest absolute Gasteiger partial charge is 0.446 e. The van der Waals surface area contributed by atoms with Crippen molar-refractivity contribution in [2.24, 2.45) is 5.92 Å². The Balaban J connectivity index is 1.71. The number of hydrogen-bond donors (Lipinski definition) is 0. The van der Waals surface area contributed by atoms with Crippen LogP contribution in [0.3, 0.4) is 0 Å². The van der Waals surface area contributed by atoms with Crippen LogP contribution in [0.25, 0.3) is 0 Å². The topological polar surface area (TPSA) is 55.8 Å². The van der Waals surface area contributed by atoms with Gasteiger partial charge in [0, 0.05) is 13.2 Å². The Bertz CT molecular complexity index is 563. The molecule has 2 aliphatic heterocycles. The van der Waals surface area contributed by atoms with Crippen molar-refractivity contribution in [1.82, 2.24) is 4.90 Å². The molecule has 5 nitrogen and oxygen atoms in total. The van der Waals surface area contributed by atoms with E-state index in [4.69, 9.17) is 9.47 Å². The van der Waals surface area contributed by atoms with E-state index in [9.17, 15) is 9.59 Å². The van der Waals surface area contributed by atoms with E-state index < -0.39 is 6.09 Å². The Kier molecular flexibility index (Phi) is 4.53. The number of hydrogen-bond acceptors (Lipinski definition) is 4. The molecule has 0 radical (unpaired) electrons. The number of rotatable bonds is 3. The molecule has 1 atom stereocenters. The number of allylic oxidation sites excluding steroid dienone is 1. The highest BCUT2D eigenvalue weighted by Crippen LogP contribution is 2.28. The lowest BCUT2D eigenvalue weighted by Gasteiger charge is -2.20. The van der Waals surface area contributed by atoms with Crippen LogP contribution in [0.1, 0.15) is 24.4 Å². The van der Waals surface area contributed by atoms with Gasteiger partial charge in [-0.2, -0.15) is 0 Å². The van der Waals surface area contributed by atoms with Crippen LogP contribution in [0, 0.1) is 5.92 Å². The van der Waals surface area contributed by atoms with Gasteiger partial charge < -0.3 is 9.47 Å². The molecule has 22 heavy (non-hydrogen) atoms. The smallest absolute Gasteiger partial charge is 0.417 e. The maximum atomic E-state index is 12.4. The van der Waals surface area contributed by atoms with Gasteiger partial charge in [0.05, 0.1) is 0 Å². The fourth-order valence-electron chi connectivity index (χ4n) is 2.79. The molecule has 2 fully saturated rings. The molecule has 1 aromatic carbocycles. The molecule has 3 rings (SSSR count). The average molecular weight is 301 g/mol. The summed E-state index contributed by atoms with van der Waals surface area (Å²) in [5, 5.41) is 0. The van der Waals surface area contributed by atoms with Crippen LogP contribution in [0.2, 0.25) is 0 Å². The van der Waals surface area contributed by atoms with E-state index >= 15 is 0 Å². The minimum Gasteiger partial charge on any atom is -0.446 e. The summed E-state index contributed by atoms with van der Waals surface area (Å²) < 4.78 is 10.4. The lowest BCUT2D eigenvalue weighted by atomic mass is 10.00. The zero-order chi connectivity index (χ0) is 15.4. The molecule has 0 spiro atoms. The van der Waals surface area contributed by atoms with Gasteiger partial charge in [0.2, 0.25) is 0 Å². The van der Waals surface area contributed by atoms with Gasteiger partial charge >= 0.3 is 6.09 Å². The first-order valence-corrected chi connectivity index (χ1v) is 7.56. The van der Waals surface area contributed by atoms with Crippen molar-refractivity contribution >= 4 is 12.0 Å². The zero-order valence-electron chi connectivity index (χ0n) is 12.3. The predicted octanol–water partition coefficient (Wildman–Crippen LogP) is 2.69. The number of amides is 2. The lowest BCUT2D eigenvalue weighted by molar-refractivity contribution is -0.124. The monoisotopic (exact) mass is 301 g/mol. The zero-order valence-corrected chi connectivity index (χ0v) is 12.3. The van der Waals surface area contributed by atoms with Gasteiger partial charge in [0.1, 0.15) is 12.6 Å². The Morgan fingerprint density at radius 2 is 1.91 bits per heavy atom. The second-order valence-corrected chi connectivity index (χ2v) is 5.52. The Hall–Kier alpha value is -2.14. The lowest BCUT2D eigenvalue weighted by Crippen LogP contribution is -2.33. The van der Waals surface area contributed by atoms with Crippen molar-refractivity contribution in [3.8, 4) is 0 Å². The molecule has 0 unspecified atom stereocenters. The van der Waals surface area contributed by atoms with Crippen molar-refractivity contribution in [3.05, 3.63) is 48.0 Å². The third-order valence-electron chi connectivity index (χ3n) is 4.07. The highest BCUT2D eigenvalue weighted by molar-refractivity contribution is 5.99. The molecule has 0 aliphatic carbocycles. The van der Waals surface area contributed by atoms with E-state index in [0.29, 0.717) is 5.92 Å². The van der Waals surface area contributed by atoms with E-state index in [0.717, 1.165) is 31.6 Å². The first kappa shape index (κ1) is 14.8. The molecule has 5 heteroatoms. The van der Waals surface area contributed by atoms with Crippen molar-refractivity contribution < 1.29 is 19.1 Å². The molecule has 2 amide bonds. The number of cyclic esters (lactones) is 1. The van der Waals surface area contributed by atoms with E-state index in [1.54, 1.807) is 0 Å². The highest BCUT2D eigenvalue weighted by atomic mass is 16.6. The van der Waals surface area contributed by atoms with Crippen molar-refractivity contribution in [3.63, 3.8) is 0 Å². The number of carbonyl (C=O) groups is 2. The van der Waals surface area contributed by atoms with Crippen LogP contribution in [0.15, 0.2) is 42.5 Å². The van der Waals surface area contributed by atoms with Crippen molar-refractivity contribution in [2.45, 2.75) is 18.9 Å². The summed E-state index contributed by atoms with van der Waals surface area (Å²) in [4.78, 5) is 25.5. The number of carbonyl (C=O) groups excluding carboxylic acids is 2. The van der Waals surface area contributed by atoms with E-state index in [2.05, 4.69) is 0 Å². The predicted molar refractivity (Wildman–Crippen MR) is 80.1 cm³/mol. The fraction of sp³-hybridized carbons (Fsp3) is 0.412. The number of imide groups is 1. The SMILES string of the molecule is O=C(C=CC1CCOCC1)N1C(=O)OC[C@H]1c1ccccc1. The first-order chi connectivity index (χ1) is 10.8. The molecular weight excluding hydrogens is 282 g/mol. The summed E-state index contributed by atoms with van der Waals surface area (Å²) in [6.07, 6.45) is 4.64. The number of ether oxygens (including phenoxy) is 2. The Morgan fingerprint density at radius 1 is 1.18 bits per heavy atom. The van der Waals surface area contributed by atoms with Crippen LogP contribution in [-0.4, -0.2) is 36.7 Å². The second-order valence-electron chi connectivity index (χ2n) is 5.52. The number of nitrogens with zero attached hydrogens (tertiary/aromatic N) is 1. The quantitative estimate of drug-likeness (QED) is 0.805. The van der Waals surface area contributed by atoms with Gasteiger partial charge in [-0.1, -0.05) is 36.4 Å². The molecule has 2 saturated heterocycles. The number of benzene rings is 1. The molecule has 2 heterocycles. The minimum absolute atomic E-state index is 0.208. The molecule has 0 bridgehead atoms. The van der Waals surface area contributed by atoms with E-state index in [1.165, 1.54) is 11.0 Å². The summed E-state index contributed by atoms with van der Waals surface area (Å²) in [7, 11) is 0. The molecule has 116 valence electrons. The average Bonchev–Trinajstić information content (AvgIpc) is 2.96. The highest BCUT2D eigenvalue weighted by Gasteiger charge is 2.37. The van der Waals surface area contributed by atoms with Gasteiger partial charge in [-0.25, -0.2) is 9.69 Å². The van der Waals surface area contributed by atoms with Crippen LogP contribution in [0.5, 0.6) is 0 Å². The molecule has 2 aliphatic rings. The van der Waals surface area contributed by atoms with E-state index in [-0.39, 0.29) is 18.6 Å². The Morgan fingerprint density at radius 3 is 2.64 bits per heavy atom. The molecule has 1 aromatic rings. The molecule has 0 aromatic heterocycles. The molecule has 0 N–H and O–H groups in total. The summed E-state index contributed by atoms with van der Waals surface area (Å²) >= 11 is 0. The molecule has 0 saturated carbocycles. The summed E-state index contributed by atoms with van der Waals surface area (Å²) in [5.74, 6) is 0.0225. The standard InChI is InChI=1S/C17H19NO4/c19-16(7-6-13-8-10-21-11-9-13)18-15(12-22-17(18)20)14-4-2-1-3-5-14/h1-7,13,15H,8-12H2/t15-/m0/s1. The maximum Gasteiger partial charge on any atom is 0.417 e. The third-order valence-corrected chi connectivity index (χ3v) is 4.07. The van der Waals surface area contributed by atoms with Crippen LogP contribution >= 0.6 is 0 Å². The van der Waals surface area contributed by atoms with Gasteiger partial charge in [0.25, 0.3) is 5.91 Å². The first-order valence-electron chi connectivity index (χ1n) is 7.56.